The molecule has 0 bridgehead atoms. The summed E-state index contributed by atoms with van der Waals surface area (Å²) >= 11 is 3.32. The molecule has 0 saturated carbocycles. The Morgan fingerprint density at radius 3 is 2.32 bits per heavy atom. The molecule has 2 N–H and O–H groups in total. The van der Waals surface area contributed by atoms with Gasteiger partial charge in [0, 0.05) is 28.0 Å². The van der Waals surface area contributed by atoms with Crippen LogP contribution in [-0.2, 0) is 0 Å². The average molecular weight is 318 g/mol. The van der Waals surface area contributed by atoms with Crippen LogP contribution in [0, 0.1) is 0 Å². The van der Waals surface area contributed by atoms with Crippen molar-refractivity contribution in [3.05, 3.63) is 70.8 Å². The summed E-state index contributed by atoms with van der Waals surface area (Å²) in [5.74, 6) is 0.138. The monoisotopic (exact) mass is 317 g/mol. The molecule has 0 radical (unpaired) electrons. The molecule has 0 fully saturated rings. The van der Waals surface area contributed by atoms with Crippen molar-refractivity contribution in [2.45, 2.75) is 0 Å². The lowest BCUT2D eigenvalue weighted by atomic mass is 10.1. The quantitative estimate of drug-likeness (QED) is 0.509. The minimum Gasteiger partial charge on any atom is -0.508 e. The minimum absolute atomic E-state index is 0.0706. The summed E-state index contributed by atoms with van der Waals surface area (Å²) < 4.78 is 0.940. The van der Waals surface area contributed by atoms with Crippen molar-refractivity contribution in [1.29, 1.82) is 0 Å². The van der Waals surface area contributed by atoms with Gasteiger partial charge in [-0.05, 0) is 48.5 Å². The molecule has 0 aromatic heterocycles. The van der Waals surface area contributed by atoms with E-state index >= 15 is 0 Å². The number of phenolic OH excluding ortho intramolecular Hbond substituents is 1. The largest absolute Gasteiger partial charge is 0.508 e. The Kier molecular flexibility index (Phi) is 4.36. The first-order chi connectivity index (χ1) is 9.15. The molecule has 4 heteroatoms. The standard InChI is InChI=1S/C15H12BrNO2/c16-12-3-1-11(2-4-12)15(19)9-10-17-13-5-7-14(18)8-6-13/h1-10,17-18H/b10-9-. The van der Waals surface area contributed by atoms with Gasteiger partial charge < -0.3 is 10.4 Å². The molecule has 0 atom stereocenters. The summed E-state index contributed by atoms with van der Waals surface area (Å²) in [5, 5.41) is 12.1. The molecule has 0 aliphatic heterocycles. The Bertz CT molecular complexity index is 589. The van der Waals surface area contributed by atoms with E-state index < -0.39 is 0 Å². The Labute approximate surface area is 119 Å². The van der Waals surface area contributed by atoms with Gasteiger partial charge in [-0.3, -0.25) is 4.79 Å². The molecule has 0 aliphatic rings. The molecule has 0 saturated heterocycles. The van der Waals surface area contributed by atoms with E-state index in [4.69, 9.17) is 5.11 Å². The predicted octanol–water partition coefficient (Wildman–Crippen LogP) is 3.96. The summed E-state index contributed by atoms with van der Waals surface area (Å²) in [7, 11) is 0. The van der Waals surface area contributed by atoms with Crippen molar-refractivity contribution in [2.24, 2.45) is 0 Å². The summed E-state index contributed by atoms with van der Waals surface area (Å²) in [6, 6.07) is 13.8. The van der Waals surface area contributed by atoms with Crippen molar-refractivity contribution in [3.8, 4) is 5.75 Å². The van der Waals surface area contributed by atoms with Gasteiger partial charge in [0.05, 0.1) is 0 Å². The highest BCUT2D eigenvalue weighted by molar-refractivity contribution is 9.10. The van der Waals surface area contributed by atoms with Crippen LogP contribution in [-0.4, -0.2) is 10.9 Å². The molecule has 0 heterocycles. The summed E-state index contributed by atoms with van der Waals surface area (Å²) in [4.78, 5) is 11.8. The number of hydrogen-bond donors (Lipinski definition) is 2. The van der Waals surface area contributed by atoms with E-state index in [1.807, 2.05) is 12.1 Å². The normalized spacial score (nSPS) is 10.6. The SMILES string of the molecule is O=C(/C=C\Nc1ccc(O)cc1)c1ccc(Br)cc1. The molecule has 0 aliphatic carbocycles. The third kappa shape index (κ3) is 3.96. The number of aromatic hydroxyl groups is 1. The van der Waals surface area contributed by atoms with Gasteiger partial charge in [0.1, 0.15) is 5.75 Å². The van der Waals surface area contributed by atoms with E-state index in [1.54, 1.807) is 42.6 Å². The van der Waals surface area contributed by atoms with Crippen LogP contribution in [0.15, 0.2) is 65.3 Å². The van der Waals surface area contributed by atoms with E-state index in [9.17, 15) is 4.79 Å². The van der Waals surface area contributed by atoms with Gasteiger partial charge in [-0.15, -0.1) is 0 Å². The fourth-order valence-electron chi connectivity index (χ4n) is 1.48. The molecule has 0 amide bonds. The van der Waals surface area contributed by atoms with Gasteiger partial charge in [0.25, 0.3) is 0 Å². The number of rotatable bonds is 4. The lowest BCUT2D eigenvalue weighted by Crippen LogP contribution is -1.95. The number of carbonyl (C=O) groups is 1. The smallest absolute Gasteiger partial charge is 0.187 e. The first kappa shape index (κ1) is 13.4. The van der Waals surface area contributed by atoms with Crippen LogP contribution in [0.4, 0.5) is 5.69 Å². The minimum atomic E-state index is -0.0706. The summed E-state index contributed by atoms with van der Waals surface area (Å²) in [6.45, 7) is 0. The lowest BCUT2D eigenvalue weighted by Gasteiger charge is -2.00. The van der Waals surface area contributed by atoms with Crippen LogP contribution in [0.2, 0.25) is 0 Å². The van der Waals surface area contributed by atoms with Crippen LogP contribution < -0.4 is 5.32 Å². The molecule has 96 valence electrons. The fraction of sp³-hybridized carbons (Fsp3) is 0. The molecule has 2 aromatic rings. The lowest BCUT2D eigenvalue weighted by molar-refractivity contribution is 0.104. The van der Waals surface area contributed by atoms with Gasteiger partial charge in [-0.25, -0.2) is 0 Å². The van der Waals surface area contributed by atoms with Crippen LogP contribution in [0.1, 0.15) is 10.4 Å². The van der Waals surface area contributed by atoms with Crippen molar-refractivity contribution in [1.82, 2.24) is 0 Å². The van der Waals surface area contributed by atoms with Crippen LogP contribution >= 0.6 is 15.9 Å². The Hall–Kier alpha value is -2.07. The zero-order valence-electron chi connectivity index (χ0n) is 10.0. The fourth-order valence-corrected chi connectivity index (χ4v) is 1.75. The molecule has 2 rings (SSSR count). The highest BCUT2D eigenvalue weighted by Crippen LogP contribution is 2.14. The number of anilines is 1. The van der Waals surface area contributed by atoms with E-state index in [1.165, 1.54) is 6.08 Å². The van der Waals surface area contributed by atoms with Crippen molar-refractivity contribution >= 4 is 27.4 Å². The third-order valence-electron chi connectivity index (χ3n) is 2.48. The van der Waals surface area contributed by atoms with Gasteiger partial charge >= 0.3 is 0 Å². The maximum Gasteiger partial charge on any atom is 0.187 e. The Morgan fingerprint density at radius 1 is 1.05 bits per heavy atom. The van der Waals surface area contributed by atoms with Gasteiger partial charge in [0.15, 0.2) is 5.78 Å². The number of allylic oxidation sites excluding steroid dienone is 1. The van der Waals surface area contributed by atoms with E-state index in [0.717, 1.165) is 10.2 Å². The molecule has 3 nitrogen and oxygen atoms in total. The topological polar surface area (TPSA) is 49.3 Å². The van der Waals surface area contributed by atoms with Crippen LogP contribution in [0.5, 0.6) is 5.75 Å². The highest BCUT2D eigenvalue weighted by atomic mass is 79.9. The van der Waals surface area contributed by atoms with Crippen LogP contribution in [0.25, 0.3) is 0 Å². The molecule has 0 spiro atoms. The number of halogens is 1. The van der Waals surface area contributed by atoms with Crippen molar-refractivity contribution < 1.29 is 9.90 Å². The Balaban J connectivity index is 1.97. The number of benzene rings is 2. The van der Waals surface area contributed by atoms with Crippen molar-refractivity contribution in [2.75, 3.05) is 5.32 Å². The first-order valence-electron chi connectivity index (χ1n) is 5.67. The van der Waals surface area contributed by atoms with E-state index in [0.29, 0.717) is 5.56 Å². The summed E-state index contributed by atoms with van der Waals surface area (Å²) in [5.41, 5.74) is 1.43. The van der Waals surface area contributed by atoms with Gasteiger partial charge in [-0.2, -0.15) is 0 Å². The molecule has 0 unspecified atom stereocenters. The van der Waals surface area contributed by atoms with E-state index in [-0.39, 0.29) is 11.5 Å². The summed E-state index contributed by atoms with van der Waals surface area (Å²) in [6.07, 6.45) is 3.05. The highest BCUT2D eigenvalue weighted by Gasteiger charge is 2.00. The van der Waals surface area contributed by atoms with Crippen LogP contribution in [0.3, 0.4) is 0 Å². The average Bonchev–Trinajstić information content (AvgIpc) is 2.41. The zero-order chi connectivity index (χ0) is 13.7. The van der Waals surface area contributed by atoms with E-state index in [2.05, 4.69) is 21.2 Å². The number of hydrogen-bond acceptors (Lipinski definition) is 3. The number of ketones is 1. The predicted molar refractivity (Wildman–Crippen MR) is 79.3 cm³/mol. The zero-order valence-corrected chi connectivity index (χ0v) is 11.6. The van der Waals surface area contributed by atoms with Gasteiger partial charge in [0.2, 0.25) is 0 Å². The number of phenols is 1. The third-order valence-corrected chi connectivity index (χ3v) is 3.01. The van der Waals surface area contributed by atoms with Gasteiger partial charge in [-0.1, -0.05) is 15.9 Å². The van der Waals surface area contributed by atoms with Crippen molar-refractivity contribution in [3.63, 3.8) is 0 Å². The maximum atomic E-state index is 11.8. The second kappa shape index (κ2) is 6.20. The molecule has 19 heavy (non-hydrogen) atoms. The number of nitrogens with one attached hydrogen (secondary N) is 1. The molecular formula is C15H12BrNO2. The Morgan fingerprint density at radius 2 is 1.68 bits per heavy atom. The second-order valence-electron chi connectivity index (χ2n) is 3.90. The second-order valence-corrected chi connectivity index (χ2v) is 4.81. The number of carbonyl (C=O) groups excluding carboxylic acids is 1. The molecule has 2 aromatic carbocycles. The maximum absolute atomic E-state index is 11.8. The first-order valence-corrected chi connectivity index (χ1v) is 6.46. The molecular weight excluding hydrogens is 306 g/mol.